The third kappa shape index (κ3) is 15.4. The summed E-state index contributed by atoms with van der Waals surface area (Å²) >= 11 is 23.3. The molecule has 1 aromatic rings. The van der Waals surface area contributed by atoms with Crippen LogP contribution in [0.15, 0.2) is 24.3 Å². The van der Waals surface area contributed by atoms with Crippen LogP contribution >= 0.6 is 47.0 Å². The summed E-state index contributed by atoms with van der Waals surface area (Å²) in [5.74, 6) is -1.25. The molecule has 0 radical (unpaired) electrons. The number of thiocarbonyl (C=S) groups is 1. The van der Waals surface area contributed by atoms with Gasteiger partial charge in [0, 0.05) is 12.1 Å². The number of benzene rings is 1. The van der Waals surface area contributed by atoms with Crippen LogP contribution in [0.25, 0.3) is 0 Å². The Morgan fingerprint density at radius 1 is 0.857 bits per heavy atom. The van der Waals surface area contributed by atoms with Crippen LogP contribution in [0, 0.1) is 0 Å². The van der Waals surface area contributed by atoms with Crippen molar-refractivity contribution < 1.29 is 14.7 Å². The van der Waals surface area contributed by atoms with Gasteiger partial charge in [0.15, 0.2) is 5.11 Å². The Kier molecular flexibility index (Phi) is 16.4. The third-order valence-electron chi connectivity index (χ3n) is 5.56. The number of carboxylic acids is 1. The molecule has 1 aromatic carbocycles. The number of aromatic carboxylic acids is 1. The fourth-order valence-electron chi connectivity index (χ4n) is 3.55. The lowest BCUT2D eigenvalue weighted by Crippen LogP contribution is -2.56. The van der Waals surface area contributed by atoms with E-state index in [0.29, 0.717) is 12.1 Å². The van der Waals surface area contributed by atoms with Gasteiger partial charge in [0.1, 0.15) is 6.17 Å². The van der Waals surface area contributed by atoms with Gasteiger partial charge < -0.3 is 21.1 Å². The first-order valence-corrected chi connectivity index (χ1v) is 13.9. The number of carboxylic acid groups (broad SMARTS) is 1. The number of carbonyl (C=O) groups excluding carboxylic acids is 1. The van der Waals surface area contributed by atoms with Crippen LogP contribution in [-0.2, 0) is 4.79 Å². The Morgan fingerprint density at radius 2 is 1.34 bits per heavy atom. The van der Waals surface area contributed by atoms with Crippen LogP contribution in [0.3, 0.4) is 0 Å². The number of rotatable bonds is 17. The second-order valence-corrected chi connectivity index (χ2v) is 11.4. The SMILES string of the molecule is CCCCCCCCCCCCCCC(=O)N[C@@H](NC(=S)Nc1ccc(C(=O)O)cc1)C(Cl)(Cl)Cl. The highest BCUT2D eigenvalue weighted by Crippen LogP contribution is 2.29. The van der Waals surface area contributed by atoms with E-state index in [-0.39, 0.29) is 16.6 Å². The van der Waals surface area contributed by atoms with Gasteiger partial charge in [0.25, 0.3) is 0 Å². The number of hydrogen-bond acceptors (Lipinski definition) is 3. The Balaban J connectivity index is 2.27. The smallest absolute Gasteiger partial charge is 0.335 e. The van der Waals surface area contributed by atoms with Gasteiger partial charge in [0.05, 0.1) is 5.56 Å². The molecule has 198 valence electrons. The molecule has 0 aliphatic heterocycles. The average Bonchev–Trinajstić information content (AvgIpc) is 2.79. The summed E-state index contributed by atoms with van der Waals surface area (Å²) in [6.07, 6.45) is 13.9. The summed E-state index contributed by atoms with van der Waals surface area (Å²) in [6, 6.07) is 6.01. The van der Waals surface area contributed by atoms with Gasteiger partial charge in [-0.3, -0.25) is 4.79 Å². The third-order valence-corrected chi connectivity index (χ3v) is 6.43. The van der Waals surface area contributed by atoms with Crippen molar-refractivity contribution in [2.24, 2.45) is 0 Å². The van der Waals surface area contributed by atoms with E-state index in [4.69, 9.17) is 52.1 Å². The van der Waals surface area contributed by atoms with Gasteiger partial charge in [-0.2, -0.15) is 0 Å². The molecule has 6 nitrogen and oxygen atoms in total. The molecule has 1 atom stereocenters. The number of unbranched alkanes of at least 4 members (excludes halogenated alkanes) is 11. The van der Waals surface area contributed by atoms with E-state index in [9.17, 15) is 9.59 Å². The first-order valence-electron chi connectivity index (χ1n) is 12.4. The minimum absolute atomic E-state index is 0.120. The number of anilines is 1. The molecule has 10 heteroatoms. The van der Waals surface area contributed by atoms with E-state index in [1.165, 1.54) is 69.9 Å². The number of alkyl halides is 3. The highest BCUT2D eigenvalue weighted by Gasteiger charge is 2.34. The summed E-state index contributed by atoms with van der Waals surface area (Å²) in [7, 11) is 0. The van der Waals surface area contributed by atoms with E-state index in [0.717, 1.165) is 19.3 Å². The second kappa shape index (κ2) is 18.0. The monoisotopic (exact) mass is 565 g/mol. The van der Waals surface area contributed by atoms with Crippen LogP contribution in [-0.4, -0.2) is 32.1 Å². The minimum Gasteiger partial charge on any atom is -0.478 e. The van der Waals surface area contributed by atoms with Crippen molar-refractivity contribution in [3.8, 4) is 0 Å². The molecule has 0 saturated carbocycles. The topological polar surface area (TPSA) is 90.5 Å². The van der Waals surface area contributed by atoms with Crippen molar-refractivity contribution in [3.05, 3.63) is 29.8 Å². The van der Waals surface area contributed by atoms with Crippen molar-refractivity contribution in [3.63, 3.8) is 0 Å². The first-order chi connectivity index (χ1) is 16.6. The van der Waals surface area contributed by atoms with Gasteiger partial charge in [-0.15, -0.1) is 0 Å². The van der Waals surface area contributed by atoms with Crippen LogP contribution in [0.4, 0.5) is 5.69 Å². The maximum atomic E-state index is 12.4. The molecule has 0 unspecified atom stereocenters. The summed E-state index contributed by atoms with van der Waals surface area (Å²) in [4.78, 5) is 23.3. The Hall–Kier alpha value is -1.28. The quantitative estimate of drug-likeness (QED) is 0.0673. The summed E-state index contributed by atoms with van der Waals surface area (Å²) in [5, 5.41) is 17.5. The second-order valence-electron chi connectivity index (χ2n) is 8.66. The van der Waals surface area contributed by atoms with E-state index < -0.39 is 15.9 Å². The molecule has 35 heavy (non-hydrogen) atoms. The Morgan fingerprint density at radius 3 is 1.80 bits per heavy atom. The van der Waals surface area contributed by atoms with E-state index in [1.807, 2.05) is 0 Å². The summed E-state index contributed by atoms with van der Waals surface area (Å²) in [6.45, 7) is 2.24. The number of hydrogen-bond donors (Lipinski definition) is 4. The Bertz CT molecular complexity index is 773. The molecule has 1 amide bonds. The average molecular weight is 567 g/mol. The predicted octanol–water partition coefficient (Wildman–Crippen LogP) is 7.57. The Labute approximate surface area is 229 Å². The minimum atomic E-state index is -1.83. The first kappa shape index (κ1) is 31.7. The molecule has 0 aliphatic carbocycles. The zero-order valence-corrected chi connectivity index (χ0v) is 23.5. The lowest BCUT2D eigenvalue weighted by atomic mass is 10.0. The summed E-state index contributed by atoms with van der Waals surface area (Å²) in [5.41, 5.74) is 0.706. The molecule has 0 spiro atoms. The van der Waals surface area contributed by atoms with Gasteiger partial charge in [-0.25, -0.2) is 4.79 Å². The normalized spacial score (nSPS) is 12.1. The maximum absolute atomic E-state index is 12.4. The molecular formula is C25H38Cl3N3O3S. The molecule has 0 bridgehead atoms. The number of nitrogens with one attached hydrogen (secondary N) is 3. The molecule has 0 saturated heterocycles. The largest absolute Gasteiger partial charge is 0.478 e. The van der Waals surface area contributed by atoms with Gasteiger partial charge in [-0.05, 0) is 42.9 Å². The maximum Gasteiger partial charge on any atom is 0.335 e. The van der Waals surface area contributed by atoms with Crippen molar-refractivity contribution in [1.29, 1.82) is 0 Å². The van der Waals surface area contributed by atoms with E-state index in [2.05, 4.69) is 22.9 Å². The molecule has 1 rings (SSSR count). The standard InChI is InChI=1S/C25H38Cl3N3O3S/c1-2-3-4-5-6-7-8-9-10-11-12-13-14-21(32)30-23(25(26,27)28)31-24(35)29-20-17-15-19(16-18-20)22(33)34/h15-18,23H,2-14H2,1H3,(H,30,32)(H,33,34)(H2,29,31,35)/t23-/m0/s1. The highest BCUT2D eigenvalue weighted by molar-refractivity contribution is 7.80. The zero-order chi connectivity index (χ0) is 26.1. The molecule has 0 fully saturated rings. The van der Waals surface area contributed by atoms with Crippen molar-refractivity contribution in [2.45, 2.75) is 100 Å². The number of carbonyl (C=O) groups is 2. The van der Waals surface area contributed by atoms with Gasteiger partial charge in [0.2, 0.25) is 9.70 Å². The van der Waals surface area contributed by atoms with Crippen LogP contribution < -0.4 is 16.0 Å². The lowest BCUT2D eigenvalue weighted by molar-refractivity contribution is -0.122. The highest BCUT2D eigenvalue weighted by atomic mass is 35.6. The van der Waals surface area contributed by atoms with Crippen LogP contribution in [0.5, 0.6) is 0 Å². The predicted molar refractivity (Wildman–Crippen MR) is 151 cm³/mol. The number of amides is 1. The van der Waals surface area contributed by atoms with Crippen molar-refractivity contribution in [1.82, 2.24) is 10.6 Å². The van der Waals surface area contributed by atoms with Crippen LogP contribution in [0.1, 0.15) is 101 Å². The summed E-state index contributed by atoms with van der Waals surface area (Å²) < 4.78 is -1.83. The lowest BCUT2D eigenvalue weighted by Gasteiger charge is -2.27. The molecule has 0 aliphatic rings. The fraction of sp³-hybridized carbons (Fsp3) is 0.640. The van der Waals surface area contributed by atoms with Gasteiger partial charge in [-0.1, -0.05) is 112 Å². The van der Waals surface area contributed by atoms with E-state index in [1.54, 1.807) is 12.1 Å². The van der Waals surface area contributed by atoms with Crippen molar-refractivity contribution in [2.75, 3.05) is 5.32 Å². The molecule has 4 N–H and O–H groups in total. The molecule has 0 heterocycles. The number of halogens is 3. The van der Waals surface area contributed by atoms with Crippen LogP contribution in [0.2, 0.25) is 0 Å². The van der Waals surface area contributed by atoms with Gasteiger partial charge >= 0.3 is 5.97 Å². The van der Waals surface area contributed by atoms with Crippen molar-refractivity contribution >= 4 is 69.7 Å². The fourth-order valence-corrected chi connectivity index (χ4v) is 4.12. The zero-order valence-electron chi connectivity index (χ0n) is 20.4. The van der Waals surface area contributed by atoms with E-state index >= 15 is 0 Å². The molecular weight excluding hydrogens is 529 g/mol. The molecule has 0 aromatic heterocycles.